The lowest BCUT2D eigenvalue weighted by Crippen LogP contribution is -2.41. The van der Waals surface area contributed by atoms with Gasteiger partial charge in [-0.15, -0.1) is 0 Å². The fourth-order valence-electron chi connectivity index (χ4n) is 1.81. The molecule has 0 amide bonds. The van der Waals surface area contributed by atoms with Crippen molar-refractivity contribution in [1.82, 2.24) is 0 Å². The maximum absolute atomic E-state index is 11.6. The van der Waals surface area contributed by atoms with Gasteiger partial charge in [0.2, 0.25) is 0 Å². The molecule has 0 heterocycles. The van der Waals surface area contributed by atoms with Crippen LogP contribution in [0.1, 0.15) is 40.5 Å². The van der Waals surface area contributed by atoms with E-state index in [9.17, 15) is 9.59 Å². The van der Waals surface area contributed by atoms with Crippen LogP contribution in [-0.4, -0.2) is 17.9 Å². The number of esters is 1. The fraction of sp³-hybridized carbons (Fsp3) is 0.818. The molecule has 0 bridgehead atoms. The molecule has 0 unspecified atom stereocenters. The maximum Gasteiger partial charge on any atom is 0.303 e. The molecule has 0 N–H and O–H groups in total. The van der Waals surface area contributed by atoms with Crippen LogP contribution in [0.25, 0.3) is 0 Å². The first-order chi connectivity index (χ1) is 6.33. The van der Waals surface area contributed by atoms with Crippen LogP contribution in [0.15, 0.2) is 0 Å². The molecule has 1 saturated carbocycles. The van der Waals surface area contributed by atoms with E-state index < -0.39 is 6.10 Å². The summed E-state index contributed by atoms with van der Waals surface area (Å²) in [6.07, 6.45) is 0.649. The van der Waals surface area contributed by atoms with Crippen molar-refractivity contribution < 1.29 is 14.3 Å². The highest BCUT2D eigenvalue weighted by molar-refractivity contribution is 5.86. The minimum Gasteiger partial charge on any atom is -0.455 e. The zero-order valence-corrected chi connectivity index (χ0v) is 9.29. The Morgan fingerprint density at radius 1 is 1.50 bits per heavy atom. The van der Waals surface area contributed by atoms with Crippen molar-refractivity contribution in [2.45, 2.75) is 46.6 Å². The third-order valence-electron chi connectivity index (χ3n) is 3.22. The van der Waals surface area contributed by atoms with Gasteiger partial charge in [0, 0.05) is 13.3 Å². The van der Waals surface area contributed by atoms with Crippen molar-refractivity contribution in [2.75, 3.05) is 0 Å². The molecule has 3 nitrogen and oxygen atoms in total. The standard InChI is InChI=1S/C11H18O3/c1-7-5-9(13)10(14-8(2)12)6-11(7,3)4/h7,10H,5-6H2,1-4H3/t7-,10+/m0/s1. The molecule has 0 saturated heterocycles. The predicted octanol–water partition coefficient (Wildman–Crippen LogP) is 1.94. The molecule has 0 radical (unpaired) electrons. The SMILES string of the molecule is CC(=O)O[C@@H]1CC(C)(C)[C@@H](C)CC1=O. The van der Waals surface area contributed by atoms with Gasteiger partial charge in [0.15, 0.2) is 11.9 Å². The van der Waals surface area contributed by atoms with Gasteiger partial charge in [0.05, 0.1) is 0 Å². The quantitative estimate of drug-likeness (QED) is 0.605. The Hall–Kier alpha value is -0.860. The Morgan fingerprint density at radius 2 is 2.07 bits per heavy atom. The van der Waals surface area contributed by atoms with E-state index in [0.717, 1.165) is 0 Å². The Morgan fingerprint density at radius 3 is 2.57 bits per heavy atom. The molecule has 0 aliphatic heterocycles. The van der Waals surface area contributed by atoms with Gasteiger partial charge in [-0.05, 0) is 17.8 Å². The molecule has 3 heteroatoms. The first-order valence-electron chi connectivity index (χ1n) is 5.03. The predicted molar refractivity (Wildman–Crippen MR) is 52.7 cm³/mol. The van der Waals surface area contributed by atoms with E-state index in [1.807, 2.05) is 0 Å². The average molecular weight is 198 g/mol. The Balaban J connectivity index is 2.70. The maximum atomic E-state index is 11.6. The van der Waals surface area contributed by atoms with Gasteiger partial charge in [0.25, 0.3) is 0 Å². The van der Waals surface area contributed by atoms with Gasteiger partial charge < -0.3 is 4.74 Å². The third kappa shape index (κ3) is 2.34. The molecule has 1 fully saturated rings. The molecule has 0 aromatic rings. The van der Waals surface area contributed by atoms with E-state index in [1.165, 1.54) is 6.92 Å². The molecule has 2 atom stereocenters. The van der Waals surface area contributed by atoms with E-state index in [4.69, 9.17) is 4.74 Å². The molecule has 0 spiro atoms. The van der Waals surface area contributed by atoms with Crippen molar-refractivity contribution in [3.05, 3.63) is 0 Å². The van der Waals surface area contributed by atoms with Gasteiger partial charge in [-0.25, -0.2) is 0 Å². The van der Waals surface area contributed by atoms with Crippen LogP contribution in [0, 0.1) is 11.3 Å². The highest BCUT2D eigenvalue weighted by atomic mass is 16.5. The average Bonchev–Trinajstić information content (AvgIpc) is 1.99. The summed E-state index contributed by atoms with van der Waals surface area (Å²) in [7, 11) is 0. The summed E-state index contributed by atoms with van der Waals surface area (Å²) in [6.45, 7) is 7.64. The summed E-state index contributed by atoms with van der Waals surface area (Å²) in [5, 5.41) is 0. The second-order valence-electron chi connectivity index (χ2n) is 4.86. The minimum absolute atomic E-state index is 0.0621. The number of rotatable bonds is 1. The highest BCUT2D eigenvalue weighted by Gasteiger charge is 2.40. The third-order valence-corrected chi connectivity index (χ3v) is 3.22. The van der Waals surface area contributed by atoms with Crippen LogP contribution >= 0.6 is 0 Å². The Bertz CT molecular complexity index is 255. The van der Waals surface area contributed by atoms with Crippen LogP contribution in [0.4, 0.5) is 0 Å². The first kappa shape index (κ1) is 11.2. The number of carbonyl (C=O) groups is 2. The van der Waals surface area contributed by atoms with Gasteiger partial charge in [-0.1, -0.05) is 20.8 Å². The van der Waals surface area contributed by atoms with E-state index in [0.29, 0.717) is 18.8 Å². The van der Waals surface area contributed by atoms with Crippen LogP contribution in [0.2, 0.25) is 0 Å². The van der Waals surface area contributed by atoms with Crippen molar-refractivity contribution in [3.8, 4) is 0 Å². The second kappa shape index (κ2) is 3.71. The van der Waals surface area contributed by atoms with Gasteiger partial charge in [0.1, 0.15) is 0 Å². The number of Topliss-reactive ketones (excluding diaryl/α,β-unsaturated/α-hetero) is 1. The van der Waals surface area contributed by atoms with Crippen molar-refractivity contribution in [2.24, 2.45) is 11.3 Å². The zero-order valence-electron chi connectivity index (χ0n) is 9.29. The minimum atomic E-state index is -0.515. The Kier molecular flexibility index (Phi) is 2.98. The summed E-state index contributed by atoms with van der Waals surface area (Å²) in [4.78, 5) is 22.3. The van der Waals surface area contributed by atoms with Crippen LogP contribution < -0.4 is 0 Å². The first-order valence-corrected chi connectivity index (χ1v) is 5.03. The number of carbonyl (C=O) groups excluding carboxylic acids is 2. The summed E-state index contributed by atoms with van der Waals surface area (Å²) >= 11 is 0. The van der Waals surface area contributed by atoms with Crippen LogP contribution in [0.3, 0.4) is 0 Å². The van der Waals surface area contributed by atoms with Gasteiger partial charge in [-0.2, -0.15) is 0 Å². The topological polar surface area (TPSA) is 43.4 Å². The second-order valence-corrected chi connectivity index (χ2v) is 4.86. The summed E-state index contributed by atoms with van der Waals surface area (Å²) in [5.41, 5.74) is 0.0774. The van der Waals surface area contributed by atoms with Crippen LogP contribution in [-0.2, 0) is 14.3 Å². The largest absolute Gasteiger partial charge is 0.455 e. The molecule has 14 heavy (non-hydrogen) atoms. The van der Waals surface area contributed by atoms with E-state index >= 15 is 0 Å². The Labute approximate surface area is 84.8 Å². The zero-order chi connectivity index (χ0) is 10.9. The number of hydrogen-bond acceptors (Lipinski definition) is 3. The van der Waals surface area contributed by atoms with E-state index in [-0.39, 0.29) is 17.2 Å². The lowest BCUT2D eigenvalue weighted by atomic mass is 9.68. The molecule has 0 aromatic carbocycles. The van der Waals surface area contributed by atoms with Gasteiger partial charge >= 0.3 is 5.97 Å². The normalized spacial score (nSPS) is 31.3. The van der Waals surface area contributed by atoms with Crippen molar-refractivity contribution >= 4 is 11.8 Å². The van der Waals surface area contributed by atoms with E-state index in [2.05, 4.69) is 20.8 Å². The van der Waals surface area contributed by atoms with Crippen LogP contribution in [0.5, 0.6) is 0 Å². The van der Waals surface area contributed by atoms with Crippen molar-refractivity contribution in [3.63, 3.8) is 0 Å². The number of ether oxygens (including phenoxy) is 1. The van der Waals surface area contributed by atoms with Gasteiger partial charge in [-0.3, -0.25) is 9.59 Å². The smallest absolute Gasteiger partial charge is 0.303 e. The molecular weight excluding hydrogens is 180 g/mol. The fourth-order valence-corrected chi connectivity index (χ4v) is 1.81. The molecule has 0 aromatic heterocycles. The molecule has 80 valence electrons. The van der Waals surface area contributed by atoms with Crippen molar-refractivity contribution in [1.29, 1.82) is 0 Å². The molecule has 1 aliphatic rings. The molecular formula is C11H18O3. The summed E-state index contributed by atoms with van der Waals surface area (Å²) < 4.78 is 5.00. The number of hydrogen-bond donors (Lipinski definition) is 0. The molecule has 1 aliphatic carbocycles. The lowest BCUT2D eigenvalue weighted by molar-refractivity contribution is -0.159. The monoisotopic (exact) mass is 198 g/mol. The highest BCUT2D eigenvalue weighted by Crippen LogP contribution is 2.39. The number of ketones is 1. The summed E-state index contributed by atoms with van der Waals surface area (Å²) in [5.74, 6) is 0.0579. The van der Waals surface area contributed by atoms with E-state index in [1.54, 1.807) is 0 Å². The summed E-state index contributed by atoms with van der Waals surface area (Å²) in [6, 6.07) is 0. The lowest BCUT2D eigenvalue weighted by Gasteiger charge is -2.39. The molecule has 1 rings (SSSR count).